The maximum Gasteiger partial charge on any atom is 0.269 e. The molecule has 26 heavy (non-hydrogen) atoms. The molecule has 1 aliphatic heterocycles. The molecule has 2 aromatic carbocycles. The molecule has 1 aliphatic rings. The van der Waals surface area contributed by atoms with E-state index in [0.717, 1.165) is 16.9 Å². The molecule has 0 bridgehead atoms. The Kier molecular flexibility index (Phi) is 4.48. The maximum absolute atomic E-state index is 10.7. The molecule has 5 heteroatoms. The smallest absolute Gasteiger partial charge is 0.269 e. The third-order valence-electron chi connectivity index (χ3n) is 5.19. The zero-order valence-corrected chi connectivity index (χ0v) is 15.8. The highest BCUT2D eigenvalue weighted by molar-refractivity contribution is 5.69. The third-order valence-corrected chi connectivity index (χ3v) is 5.19. The van der Waals surface area contributed by atoms with Gasteiger partial charge >= 0.3 is 0 Å². The number of nitrogens with zero attached hydrogens (tertiary/aromatic N) is 1. The second kappa shape index (κ2) is 6.48. The van der Waals surface area contributed by atoms with Crippen molar-refractivity contribution >= 4 is 11.8 Å². The fourth-order valence-corrected chi connectivity index (χ4v) is 3.13. The number of nitro benzene ring substituents is 1. The van der Waals surface area contributed by atoms with Gasteiger partial charge in [0.05, 0.1) is 4.92 Å². The average Bonchev–Trinajstić information content (AvgIpc) is 2.63. The number of ether oxygens (including phenoxy) is 2. The highest BCUT2D eigenvalue weighted by Crippen LogP contribution is 2.39. The number of fused-ring (bicyclic) bond motifs is 1. The van der Waals surface area contributed by atoms with Crippen LogP contribution in [-0.2, 0) is 0 Å². The van der Waals surface area contributed by atoms with Crippen molar-refractivity contribution in [2.24, 2.45) is 0 Å². The van der Waals surface area contributed by atoms with Crippen molar-refractivity contribution in [3.8, 4) is 11.5 Å². The van der Waals surface area contributed by atoms with Gasteiger partial charge in [-0.25, -0.2) is 0 Å². The largest absolute Gasteiger partial charge is 0.489 e. The molecule has 0 fully saturated rings. The van der Waals surface area contributed by atoms with Gasteiger partial charge in [0.15, 0.2) is 5.60 Å². The summed E-state index contributed by atoms with van der Waals surface area (Å²) in [5.41, 5.74) is 5.48. The quantitative estimate of drug-likeness (QED) is 0.568. The van der Waals surface area contributed by atoms with Gasteiger partial charge < -0.3 is 9.47 Å². The lowest BCUT2D eigenvalue weighted by Gasteiger charge is -2.34. The molecule has 0 spiro atoms. The molecule has 1 heterocycles. The Morgan fingerprint density at radius 1 is 1.04 bits per heavy atom. The first-order valence-electron chi connectivity index (χ1n) is 8.58. The van der Waals surface area contributed by atoms with E-state index in [1.54, 1.807) is 12.1 Å². The Hall–Kier alpha value is -2.82. The van der Waals surface area contributed by atoms with Crippen molar-refractivity contribution in [2.45, 2.75) is 40.2 Å². The van der Waals surface area contributed by atoms with Crippen LogP contribution in [0.2, 0.25) is 0 Å². The SMILES string of the molecule is Cc1c(C)c(C)c2c(c1C)C=CC(C)(COc1ccc([N+](=O)[O-])cc1)O2. The van der Waals surface area contributed by atoms with Crippen molar-refractivity contribution < 1.29 is 14.4 Å². The molecule has 0 aromatic heterocycles. The molecule has 0 N–H and O–H groups in total. The Morgan fingerprint density at radius 3 is 2.27 bits per heavy atom. The van der Waals surface area contributed by atoms with Crippen LogP contribution >= 0.6 is 0 Å². The van der Waals surface area contributed by atoms with Gasteiger partial charge in [0.2, 0.25) is 0 Å². The molecule has 136 valence electrons. The Labute approximate surface area is 153 Å². The molecular weight excluding hydrogens is 330 g/mol. The van der Waals surface area contributed by atoms with Crippen LogP contribution in [0.1, 0.15) is 34.7 Å². The van der Waals surface area contributed by atoms with Gasteiger partial charge in [-0.3, -0.25) is 10.1 Å². The van der Waals surface area contributed by atoms with E-state index in [4.69, 9.17) is 9.47 Å². The topological polar surface area (TPSA) is 61.6 Å². The molecule has 0 radical (unpaired) electrons. The first kappa shape index (κ1) is 18.0. The Balaban J connectivity index is 1.80. The lowest BCUT2D eigenvalue weighted by atomic mass is 9.90. The zero-order chi connectivity index (χ0) is 19.1. The van der Waals surface area contributed by atoms with Crippen LogP contribution in [0.4, 0.5) is 5.69 Å². The van der Waals surface area contributed by atoms with E-state index in [0.29, 0.717) is 12.4 Å². The molecule has 1 unspecified atom stereocenters. The summed E-state index contributed by atoms with van der Waals surface area (Å²) in [6.07, 6.45) is 4.12. The van der Waals surface area contributed by atoms with Gasteiger partial charge in [0, 0.05) is 17.7 Å². The summed E-state index contributed by atoms with van der Waals surface area (Å²) in [6, 6.07) is 6.07. The normalized spacial score (nSPS) is 18.2. The van der Waals surface area contributed by atoms with Gasteiger partial charge in [-0.1, -0.05) is 6.08 Å². The van der Waals surface area contributed by atoms with Gasteiger partial charge in [-0.15, -0.1) is 0 Å². The number of hydrogen-bond acceptors (Lipinski definition) is 4. The summed E-state index contributed by atoms with van der Waals surface area (Å²) in [5, 5.41) is 10.7. The predicted molar refractivity (Wildman–Crippen MR) is 102 cm³/mol. The Bertz CT molecular complexity index is 899. The Morgan fingerprint density at radius 2 is 1.65 bits per heavy atom. The molecule has 5 nitrogen and oxygen atoms in total. The standard InChI is InChI=1S/C21H23NO4/c1-13-14(2)16(4)20-19(15(13)3)10-11-21(5,26-20)12-25-18-8-6-17(7-9-18)22(23)24/h6-11H,12H2,1-5H3. The molecule has 1 atom stereocenters. The minimum atomic E-state index is -0.603. The van der Waals surface area contributed by atoms with Gasteiger partial charge in [-0.05, 0) is 75.1 Å². The van der Waals surface area contributed by atoms with Crippen molar-refractivity contribution in [3.63, 3.8) is 0 Å². The molecule has 0 aliphatic carbocycles. The first-order chi connectivity index (χ1) is 12.2. The minimum Gasteiger partial charge on any atom is -0.489 e. The highest BCUT2D eigenvalue weighted by Gasteiger charge is 2.31. The van der Waals surface area contributed by atoms with E-state index < -0.39 is 10.5 Å². The lowest BCUT2D eigenvalue weighted by Crippen LogP contribution is -2.39. The molecule has 0 amide bonds. The molecular formula is C21H23NO4. The summed E-state index contributed by atoms with van der Waals surface area (Å²) in [6.45, 7) is 10.7. The molecule has 3 rings (SSSR count). The fourth-order valence-electron chi connectivity index (χ4n) is 3.13. The van der Waals surface area contributed by atoms with Crippen molar-refractivity contribution in [1.29, 1.82) is 0 Å². The van der Waals surface area contributed by atoms with Gasteiger partial charge in [-0.2, -0.15) is 0 Å². The van der Waals surface area contributed by atoms with Gasteiger partial charge in [0.25, 0.3) is 5.69 Å². The second-order valence-corrected chi connectivity index (χ2v) is 7.03. The fraction of sp³-hybridized carbons (Fsp3) is 0.333. The van der Waals surface area contributed by atoms with Crippen LogP contribution in [0.5, 0.6) is 11.5 Å². The van der Waals surface area contributed by atoms with Crippen LogP contribution in [0.3, 0.4) is 0 Å². The summed E-state index contributed by atoms with van der Waals surface area (Å²) >= 11 is 0. The number of nitro groups is 1. The summed E-state index contributed by atoms with van der Waals surface area (Å²) in [4.78, 5) is 10.3. The lowest BCUT2D eigenvalue weighted by molar-refractivity contribution is -0.384. The van der Waals surface area contributed by atoms with Crippen molar-refractivity contribution in [3.05, 3.63) is 68.3 Å². The maximum atomic E-state index is 10.7. The van der Waals surface area contributed by atoms with E-state index >= 15 is 0 Å². The zero-order valence-electron chi connectivity index (χ0n) is 15.8. The van der Waals surface area contributed by atoms with E-state index in [2.05, 4.69) is 33.8 Å². The number of non-ortho nitro benzene ring substituents is 1. The second-order valence-electron chi connectivity index (χ2n) is 7.03. The minimum absolute atomic E-state index is 0.0447. The van der Waals surface area contributed by atoms with Crippen LogP contribution in [0.25, 0.3) is 6.08 Å². The summed E-state index contributed by atoms with van der Waals surface area (Å²) < 4.78 is 12.2. The van der Waals surface area contributed by atoms with Crippen LogP contribution in [0, 0.1) is 37.8 Å². The van der Waals surface area contributed by atoms with E-state index in [-0.39, 0.29) is 5.69 Å². The number of hydrogen-bond donors (Lipinski definition) is 0. The summed E-state index contributed by atoms with van der Waals surface area (Å²) in [5.74, 6) is 1.48. The van der Waals surface area contributed by atoms with Crippen molar-refractivity contribution in [2.75, 3.05) is 6.61 Å². The predicted octanol–water partition coefficient (Wildman–Crippen LogP) is 5.07. The van der Waals surface area contributed by atoms with E-state index in [1.807, 2.05) is 13.0 Å². The van der Waals surface area contributed by atoms with Crippen LogP contribution < -0.4 is 9.47 Å². The third kappa shape index (κ3) is 3.17. The highest BCUT2D eigenvalue weighted by atomic mass is 16.6. The molecule has 0 saturated carbocycles. The van der Waals surface area contributed by atoms with E-state index in [1.165, 1.54) is 28.8 Å². The molecule has 2 aromatic rings. The summed E-state index contributed by atoms with van der Waals surface area (Å²) in [7, 11) is 0. The average molecular weight is 353 g/mol. The number of benzene rings is 2. The first-order valence-corrected chi connectivity index (χ1v) is 8.58. The monoisotopic (exact) mass is 353 g/mol. The van der Waals surface area contributed by atoms with Crippen LogP contribution in [0.15, 0.2) is 30.3 Å². The van der Waals surface area contributed by atoms with Crippen LogP contribution in [-0.4, -0.2) is 17.1 Å². The molecule has 0 saturated heterocycles. The number of rotatable bonds is 4. The van der Waals surface area contributed by atoms with E-state index in [9.17, 15) is 10.1 Å². The van der Waals surface area contributed by atoms with Gasteiger partial charge in [0.1, 0.15) is 18.1 Å². The van der Waals surface area contributed by atoms with Crippen molar-refractivity contribution in [1.82, 2.24) is 0 Å².